The third-order valence-corrected chi connectivity index (χ3v) is 3.15. The Labute approximate surface area is 135 Å². The minimum Gasteiger partial charge on any atom is -0.294 e. The molecule has 0 spiro atoms. The van der Waals surface area contributed by atoms with E-state index >= 15 is 0 Å². The number of benzene rings is 1. The standard InChI is InChI=1S/C19H22O.C2H6/c1-6-9-19(17(7-2)15(5)20)18(8-3)16-12-10-14(4)11-13-16;1-2/h6-13H,2H2,1,3-5H3;1-2H3/b9-6-,18-8+,19-17-;. The maximum Gasteiger partial charge on any atom is 0.160 e. The normalized spacial score (nSPS) is 12.4. The van der Waals surface area contributed by atoms with Crippen LogP contribution >= 0.6 is 0 Å². The second kappa shape index (κ2) is 10.6. The van der Waals surface area contributed by atoms with E-state index in [4.69, 9.17) is 0 Å². The molecule has 0 atom stereocenters. The first kappa shape index (κ1) is 19.9. The molecule has 22 heavy (non-hydrogen) atoms. The molecule has 0 aromatic heterocycles. The van der Waals surface area contributed by atoms with Crippen LogP contribution in [0.1, 0.15) is 45.7 Å². The van der Waals surface area contributed by atoms with E-state index in [9.17, 15) is 4.79 Å². The molecule has 0 amide bonds. The summed E-state index contributed by atoms with van der Waals surface area (Å²) >= 11 is 0. The highest BCUT2D eigenvalue weighted by Gasteiger charge is 2.12. The molecule has 1 heteroatoms. The van der Waals surface area contributed by atoms with Crippen molar-refractivity contribution in [3.8, 4) is 0 Å². The van der Waals surface area contributed by atoms with Gasteiger partial charge in [0.1, 0.15) is 0 Å². The van der Waals surface area contributed by atoms with Gasteiger partial charge >= 0.3 is 0 Å². The second-order valence-electron chi connectivity index (χ2n) is 4.66. The number of carbonyl (C=O) groups excluding carboxylic acids is 1. The fourth-order valence-corrected chi connectivity index (χ4v) is 2.15. The molecule has 0 fully saturated rings. The van der Waals surface area contributed by atoms with E-state index in [0.717, 1.165) is 16.7 Å². The van der Waals surface area contributed by atoms with Crippen molar-refractivity contribution in [3.05, 3.63) is 77.4 Å². The lowest BCUT2D eigenvalue weighted by Crippen LogP contribution is -2.00. The number of hydrogen-bond acceptors (Lipinski definition) is 1. The topological polar surface area (TPSA) is 17.1 Å². The van der Waals surface area contributed by atoms with Crippen LogP contribution in [0, 0.1) is 6.92 Å². The predicted octanol–water partition coefficient (Wildman–Crippen LogP) is 6.07. The number of ketones is 1. The summed E-state index contributed by atoms with van der Waals surface area (Å²) in [5.74, 6) is 0.0274. The average molecular weight is 296 g/mol. The summed E-state index contributed by atoms with van der Waals surface area (Å²) in [5.41, 5.74) is 4.94. The quantitative estimate of drug-likeness (QED) is 0.476. The zero-order valence-electron chi connectivity index (χ0n) is 14.7. The van der Waals surface area contributed by atoms with E-state index in [1.54, 1.807) is 13.0 Å². The van der Waals surface area contributed by atoms with Crippen molar-refractivity contribution < 1.29 is 4.79 Å². The third-order valence-electron chi connectivity index (χ3n) is 3.15. The van der Waals surface area contributed by atoms with Gasteiger partial charge in [-0.3, -0.25) is 4.79 Å². The van der Waals surface area contributed by atoms with Gasteiger partial charge in [-0.25, -0.2) is 0 Å². The number of allylic oxidation sites excluding steroid dienone is 7. The lowest BCUT2D eigenvalue weighted by molar-refractivity contribution is -0.113. The minimum atomic E-state index is 0.0274. The Morgan fingerprint density at radius 2 is 1.59 bits per heavy atom. The smallest absolute Gasteiger partial charge is 0.160 e. The first-order chi connectivity index (χ1) is 10.5. The second-order valence-corrected chi connectivity index (χ2v) is 4.66. The van der Waals surface area contributed by atoms with E-state index in [2.05, 4.69) is 37.8 Å². The molecular weight excluding hydrogens is 268 g/mol. The van der Waals surface area contributed by atoms with Crippen molar-refractivity contribution in [3.63, 3.8) is 0 Å². The van der Waals surface area contributed by atoms with Gasteiger partial charge in [0.2, 0.25) is 0 Å². The lowest BCUT2D eigenvalue weighted by Gasteiger charge is -2.12. The zero-order valence-corrected chi connectivity index (χ0v) is 14.7. The predicted molar refractivity (Wildman–Crippen MR) is 98.9 cm³/mol. The summed E-state index contributed by atoms with van der Waals surface area (Å²) in [6.07, 6.45) is 7.58. The Morgan fingerprint density at radius 1 is 1.05 bits per heavy atom. The van der Waals surface area contributed by atoms with Crippen LogP contribution in [0.5, 0.6) is 0 Å². The molecule has 0 radical (unpaired) electrons. The minimum absolute atomic E-state index is 0.0274. The van der Waals surface area contributed by atoms with Gasteiger partial charge in [0.05, 0.1) is 0 Å². The lowest BCUT2D eigenvalue weighted by atomic mass is 9.91. The molecule has 1 aromatic rings. The monoisotopic (exact) mass is 296 g/mol. The van der Waals surface area contributed by atoms with Crippen LogP contribution < -0.4 is 0 Å². The van der Waals surface area contributed by atoms with Crippen molar-refractivity contribution in [2.24, 2.45) is 0 Å². The van der Waals surface area contributed by atoms with Crippen LogP contribution in [0.4, 0.5) is 0 Å². The summed E-state index contributed by atoms with van der Waals surface area (Å²) in [5, 5.41) is 0. The molecule has 0 aliphatic heterocycles. The molecule has 0 aliphatic rings. The maximum absolute atomic E-state index is 11.8. The van der Waals surface area contributed by atoms with Gasteiger partial charge in [-0.05, 0) is 44.4 Å². The van der Waals surface area contributed by atoms with Crippen LogP contribution in [0.3, 0.4) is 0 Å². The first-order valence-electron chi connectivity index (χ1n) is 7.79. The number of Topliss-reactive ketones (excluding diaryl/α,β-unsaturated/α-hetero) is 1. The fourth-order valence-electron chi connectivity index (χ4n) is 2.15. The van der Waals surface area contributed by atoms with Crippen LogP contribution in [-0.2, 0) is 4.79 Å². The van der Waals surface area contributed by atoms with E-state index < -0.39 is 0 Å². The molecule has 0 N–H and O–H groups in total. The van der Waals surface area contributed by atoms with Crippen molar-refractivity contribution in [1.82, 2.24) is 0 Å². The van der Waals surface area contributed by atoms with Crippen LogP contribution in [0.25, 0.3) is 5.57 Å². The summed E-state index contributed by atoms with van der Waals surface area (Å²) in [4.78, 5) is 11.8. The molecule has 1 nitrogen and oxygen atoms in total. The molecule has 0 saturated carbocycles. The highest BCUT2D eigenvalue weighted by Crippen LogP contribution is 2.28. The van der Waals surface area contributed by atoms with Gasteiger partial charge in [0, 0.05) is 5.57 Å². The largest absolute Gasteiger partial charge is 0.294 e. The maximum atomic E-state index is 11.8. The van der Waals surface area contributed by atoms with E-state index in [0.29, 0.717) is 5.57 Å². The van der Waals surface area contributed by atoms with Gasteiger partial charge in [-0.15, -0.1) is 0 Å². The van der Waals surface area contributed by atoms with Gasteiger partial charge in [0.25, 0.3) is 0 Å². The average Bonchev–Trinajstić information content (AvgIpc) is 2.52. The molecule has 0 aliphatic carbocycles. The van der Waals surface area contributed by atoms with E-state index in [1.807, 2.05) is 45.9 Å². The van der Waals surface area contributed by atoms with Crippen LogP contribution in [0.15, 0.2) is 66.3 Å². The highest BCUT2D eigenvalue weighted by molar-refractivity contribution is 6.02. The first-order valence-corrected chi connectivity index (χ1v) is 7.79. The Hall–Kier alpha value is -2.15. The molecule has 0 saturated heterocycles. The summed E-state index contributed by atoms with van der Waals surface area (Å²) in [6, 6.07) is 8.31. The molecule has 118 valence electrons. The van der Waals surface area contributed by atoms with Crippen LogP contribution in [-0.4, -0.2) is 5.78 Å². The van der Waals surface area contributed by atoms with E-state index in [1.165, 1.54) is 5.56 Å². The molecule has 0 bridgehead atoms. The van der Waals surface area contributed by atoms with Gasteiger partial charge in [-0.1, -0.05) is 74.6 Å². The Bertz CT molecular complexity index is 581. The SMILES string of the molecule is C=C/C(C(C)=O)=C(\C=C/C)C(=C/C)/c1ccc(C)cc1.CC. The number of aryl methyl sites for hydroxylation is 1. The number of hydrogen-bond donors (Lipinski definition) is 0. The summed E-state index contributed by atoms with van der Waals surface area (Å²) < 4.78 is 0. The Kier molecular flexibility index (Phi) is 9.53. The molecule has 1 rings (SSSR count). The van der Waals surface area contributed by atoms with E-state index in [-0.39, 0.29) is 5.78 Å². The van der Waals surface area contributed by atoms with Crippen molar-refractivity contribution in [2.75, 3.05) is 0 Å². The summed E-state index contributed by atoms with van der Waals surface area (Å²) in [7, 11) is 0. The Balaban J connectivity index is 0.00000211. The van der Waals surface area contributed by atoms with Crippen molar-refractivity contribution in [2.45, 2.75) is 41.5 Å². The number of rotatable bonds is 5. The van der Waals surface area contributed by atoms with Crippen molar-refractivity contribution in [1.29, 1.82) is 0 Å². The van der Waals surface area contributed by atoms with Crippen LogP contribution in [0.2, 0.25) is 0 Å². The molecule has 0 unspecified atom stereocenters. The van der Waals surface area contributed by atoms with Gasteiger partial charge in [0.15, 0.2) is 5.78 Å². The highest BCUT2D eigenvalue weighted by atomic mass is 16.1. The number of carbonyl (C=O) groups is 1. The molecule has 1 aromatic carbocycles. The fraction of sp³-hybridized carbons (Fsp3) is 0.286. The molecule has 0 heterocycles. The molecular formula is C21H28O. The zero-order chi connectivity index (χ0) is 17.1. The van der Waals surface area contributed by atoms with Crippen molar-refractivity contribution >= 4 is 11.4 Å². The third kappa shape index (κ3) is 5.33. The Morgan fingerprint density at radius 3 is 1.95 bits per heavy atom. The summed E-state index contributed by atoms with van der Waals surface area (Å²) in [6.45, 7) is 15.3. The van der Waals surface area contributed by atoms with Gasteiger partial charge < -0.3 is 0 Å². The van der Waals surface area contributed by atoms with Gasteiger partial charge in [-0.2, -0.15) is 0 Å².